The lowest BCUT2D eigenvalue weighted by atomic mass is 10.4. The lowest BCUT2D eigenvalue weighted by Crippen LogP contribution is -2.35. The van der Waals surface area contributed by atoms with Gasteiger partial charge in [0, 0.05) is 6.61 Å². The summed E-state index contributed by atoms with van der Waals surface area (Å²) < 4.78 is 13.2. The molecule has 0 aliphatic rings. The molecule has 7 heteroatoms. The van der Waals surface area contributed by atoms with Crippen LogP contribution in [0.3, 0.4) is 0 Å². The largest absolute Gasteiger partial charge is 0.540 e. The molecule has 0 aromatic carbocycles. The van der Waals surface area contributed by atoms with E-state index in [0.717, 1.165) is 0 Å². The van der Waals surface area contributed by atoms with Crippen LogP contribution in [0, 0.1) is 0 Å². The monoisotopic (exact) mass is 207 g/mol. The van der Waals surface area contributed by atoms with Gasteiger partial charge >= 0.3 is 6.16 Å². The van der Waals surface area contributed by atoms with Crippen molar-refractivity contribution in [2.24, 2.45) is 0 Å². The van der Waals surface area contributed by atoms with Crippen LogP contribution >= 0.6 is 0 Å². The summed E-state index contributed by atoms with van der Waals surface area (Å²) in [5.41, 5.74) is 0. The quantitative estimate of drug-likeness (QED) is 0.582. The predicted molar refractivity (Wildman–Crippen MR) is 40.7 cm³/mol. The van der Waals surface area contributed by atoms with Crippen LogP contribution in [-0.4, -0.2) is 43.3 Å². The second-order valence-electron chi connectivity index (χ2n) is 2.23. The maximum absolute atomic E-state index is 10.0. The highest BCUT2D eigenvalue weighted by Crippen LogP contribution is 1.95. The Labute approximate surface area is 80.2 Å². The van der Waals surface area contributed by atoms with Crippen LogP contribution in [0.2, 0.25) is 0 Å². The highest BCUT2D eigenvalue weighted by atomic mass is 16.7. The fourth-order valence-electron chi connectivity index (χ4n) is 0.666. The Balaban J connectivity index is 3.83. The second-order valence-corrected chi connectivity index (χ2v) is 2.23. The van der Waals surface area contributed by atoms with Gasteiger partial charge in [0.25, 0.3) is 6.16 Å². The van der Waals surface area contributed by atoms with Gasteiger partial charge in [0.15, 0.2) is 0 Å². The molecule has 1 atom stereocenters. The molecular weight excluding hydrogens is 196 g/mol. The summed E-state index contributed by atoms with van der Waals surface area (Å²) in [6.07, 6.45) is -4.24. The normalized spacial score (nSPS) is 11.8. The van der Waals surface area contributed by atoms with Gasteiger partial charge in [0.2, 0.25) is 0 Å². The van der Waals surface area contributed by atoms with E-state index in [1.54, 1.807) is 6.92 Å². The number of ether oxygens (including phenoxy) is 3. The minimum atomic E-state index is -1.75. The van der Waals surface area contributed by atoms with Crippen LogP contribution in [0.15, 0.2) is 0 Å². The number of hydrogen-bond donors (Lipinski definition) is 1. The molecule has 14 heavy (non-hydrogen) atoms. The molecular formula is C7H11O7-. The molecule has 1 unspecified atom stereocenters. The first-order valence-electron chi connectivity index (χ1n) is 3.87. The lowest BCUT2D eigenvalue weighted by molar-refractivity contribution is -0.290. The van der Waals surface area contributed by atoms with E-state index in [4.69, 9.17) is 9.84 Å². The van der Waals surface area contributed by atoms with E-state index in [0.29, 0.717) is 6.61 Å². The molecule has 0 spiro atoms. The van der Waals surface area contributed by atoms with E-state index in [2.05, 4.69) is 9.47 Å². The van der Waals surface area contributed by atoms with Crippen molar-refractivity contribution in [1.29, 1.82) is 0 Å². The molecule has 1 N–H and O–H groups in total. The summed E-state index contributed by atoms with van der Waals surface area (Å²) in [6, 6.07) is 0. The van der Waals surface area contributed by atoms with E-state index in [-0.39, 0.29) is 6.61 Å². The van der Waals surface area contributed by atoms with Gasteiger partial charge < -0.3 is 29.2 Å². The third-order valence-electron chi connectivity index (χ3n) is 1.16. The molecule has 0 aliphatic carbocycles. The van der Waals surface area contributed by atoms with Crippen molar-refractivity contribution in [2.75, 3.05) is 19.8 Å². The van der Waals surface area contributed by atoms with Crippen LogP contribution in [0.1, 0.15) is 6.92 Å². The summed E-state index contributed by atoms with van der Waals surface area (Å²) in [6.45, 7) is 1.58. The average molecular weight is 207 g/mol. The van der Waals surface area contributed by atoms with Crippen LogP contribution in [0.25, 0.3) is 0 Å². The summed E-state index contributed by atoms with van der Waals surface area (Å²) >= 11 is 0. The Morgan fingerprint density at radius 3 is 2.50 bits per heavy atom. The lowest BCUT2D eigenvalue weighted by Gasteiger charge is -2.20. The van der Waals surface area contributed by atoms with Crippen molar-refractivity contribution < 1.29 is 34.0 Å². The highest BCUT2D eigenvalue weighted by Gasteiger charge is 2.10. The van der Waals surface area contributed by atoms with E-state index < -0.39 is 25.0 Å². The van der Waals surface area contributed by atoms with Crippen molar-refractivity contribution >= 4 is 12.3 Å². The molecule has 0 saturated heterocycles. The van der Waals surface area contributed by atoms with E-state index in [1.165, 1.54) is 0 Å². The van der Waals surface area contributed by atoms with Crippen molar-refractivity contribution in [3.8, 4) is 0 Å². The molecule has 0 aliphatic heterocycles. The van der Waals surface area contributed by atoms with Crippen LogP contribution in [-0.2, 0) is 14.2 Å². The Morgan fingerprint density at radius 1 is 1.43 bits per heavy atom. The van der Waals surface area contributed by atoms with Crippen molar-refractivity contribution in [1.82, 2.24) is 0 Å². The standard InChI is InChI=1S/C7H12O7/c1-2-12-3-5(14-7(10)11)4-13-6(8)9/h5H,2-4H2,1H3,(H,8,9)(H,10,11)/p-1. The molecule has 0 radical (unpaired) electrons. The summed E-state index contributed by atoms with van der Waals surface area (Å²) in [5.74, 6) is 0. The van der Waals surface area contributed by atoms with Crippen molar-refractivity contribution in [3.63, 3.8) is 0 Å². The third-order valence-corrected chi connectivity index (χ3v) is 1.16. The zero-order valence-corrected chi connectivity index (χ0v) is 7.60. The van der Waals surface area contributed by atoms with Gasteiger partial charge in [-0.05, 0) is 6.92 Å². The van der Waals surface area contributed by atoms with Crippen LogP contribution in [0.5, 0.6) is 0 Å². The van der Waals surface area contributed by atoms with Gasteiger partial charge in [0.1, 0.15) is 6.61 Å². The molecule has 0 rings (SSSR count). The maximum Gasteiger partial charge on any atom is 0.505 e. The second kappa shape index (κ2) is 6.96. The molecule has 0 saturated carbocycles. The third kappa shape index (κ3) is 7.17. The van der Waals surface area contributed by atoms with Crippen LogP contribution < -0.4 is 5.11 Å². The van der Waals surface area contributed by atoms with Crippen LogP contribution in [0.4, 0.5) is 9.59 Å². The topological polar surface area (TPSA) is 105 Å². The van der Waals surface area contributed by atoms with E-state index >= 15 is 0 Å². The molecule has 0 fully saturated rings. The van der Waals surface area contributed by atoms with Gasteiger partial charge in [0.05, 0.1) is 12.7 Å². The highest BCUT2D eigenvalue weighted by molar-refractivity contribution is 5.57. The smallest absolute Gasteiger partial charge is 0.505 e. The first kappa shape index (κ1) is 12.5. The van der Waals surface area contributed by atoms with Gasteiger partial charge in [-0.3, -0.25) is 0 Å². The Hall–Kier alpha value is -1.50. The fourth-order valence-corrected chi connectivity index (χ4v) is 0.666. The zero-order valence-electron chi connectivity index (χ0n) is 7.60. The number of carbonyl (C=O) groups is 2. The van der Waals surface area contributed by atoms with Crippen molar-refractivity contribution in [3.05, 3.63) is 0 Å². The molecule has 82 valence electrons. The van der Waals surface area contributed by atoms with Gasteiger partial charge in [-0.1, -0.05) is 0 Å². The average Bonchev–Trinajstić information content (AvgIpc) is 2.09. The fraction of sp³-hybridized carbons (Fsp3) is 0.714. The summed E-state index contributed by atoms with van der Waals surface area (Å²) in [5, 5.41) is 18.2. The van der Waals surface area contributed by atoms with E-state index in [1.807, 2.05) is 0 Å². The number of carboxylic acid groups (broad SMARTS) is 2. The zero-order chi connectivity index (χ0) is 11.0. The molecule has 7 nitrogen and oxygen atoms in total. The molecule has 0 aromatic rings. The maximum atomic E-state index is 10.0. The number of carbonyl (C=O) groups excluding carboxylic acids is 1. The Morgan fingerprint density at radius 2 is 2.07 bits per heavy atom. The van der Waals surface area contributed by atoms with E-state index in [9.17, 15) is 14.7 Å². The number of hydrogen-bond acceptors (Lipinski definition) is 6. The molecule has 0 heterocycles. The SMILES string of the molecule is CCOCC(COC(=O)O)OC(=O)[O-]. The predicted octanol–water partition coefficient (Wildman–Crippen LogP) is -0.554. The van der Waals surface area contributed by atoms with Crippen molar-refractivity contribution in [2.45, 2.75) is 13.0 Å². The minimum absolute atomic E-state index is 0.0717. The molecule has 0 bridgehead atoms. The van der Waals surface area contributed by atoms with Gasteiger partial charge in [-0.15, -0.1) is 0 Å². The number of rotatable bonds is 6. The molecule has 0 aromatic heterocycles. The van der Waals surface area contributed by atoms with Gasteiger partial charge in [-0.25, -0.2) is 4.79 Å². The minimum Gasteiger partial charge on any atom is -0.540 e. The molecule has 0 amide bonds. The Bertz CT molecular complexity index is 190. The first-order valence-corrected chi connectivity index (χ1v) is 3.87. The Kier molecular flexibility index (Phi) is 6.21. The summed E-state index contributed by atoms with van der Waals surface area (Å²) in [7, 11) is 0. The first-order chi connectivity index (χ1) is 6.56. The summed E-state index contributed by atoms with van der Waals surface area (Å²) in [4.78, 5) is 20.0. The van der Waals surface area contributed by atoms with Gasteiger partial charge in [-0.2, -0.15) is 0 Å².